The van der Waals surface area contributed by atoms with Gasteiger partial charge in [-0.05, 0) is 39.4 Å². The third-order valence-corrected chi connectivity index (χ3v) is 5.56. The summed E-state index contributed by atoms with van der Waals surface area (Å²) < 4.78 is 27.2. The van der Waals surface area contributed by atoms with Gasteiger partial charge in [-0.1, -0.05) is 31.2 Å². The third kappa shape index (κ3) is 4.14. The number of rotatable bonds is 6. The van der Waals surface area contributed by atoms with Gasteiger partial charge in [-0.3, -0.25) is 0 Å². The molecule has 0 amide bonds. The van der Waals surface area contributed by atoms with Gasteiger partial charge in [-0.15, -0.1) is 0 Å². The Morgan fingerprint density at radius 3 is 2.33 bits per heavy atom. The largest absolute Gasteiger partial charge is 0.278 e. The first-order valence-electron chi connectivity index (χ1n) is 6.70. The first kappa shape index (κ1) is 16.2. The Balaban J connectivity index is 2.02. The fraction of sp³-hybridized carbons (Fsp3) is 0.333. The molecule has 1 N–H and O–H groups in total. The Morgan fingerprint density at radius 1 is 1.14 bits per heavy atom. The molecule has 21 heavy (non-hydrogen) atoms. The number of thiophene rings is 1. The zero-order valence-corrected chi connectivity index (χ0v) is 14.0. The van der Waals surface area contributed by atoms with Crippen LogP contribution in [0.5, 0.6) is 0 Å². The predicted molar refractivity (Wildman–Crippen MR) is 88.8 cm³/mol. The number of hydrogen-bond donors (Lipinski definition) is 1. The summed E-state index contributed by atoms with van der Waals surface area (Å²) in [5.74, 6) is 0.122. The van der Waals surface area contributed by atoms with Gasteiger partial charge < -0.3 is 0 Å². The SMILES string of the molecule is C[C@@H](CNS(=O)(=O)N(C)C)c1ccc(-c2ccsc2)cc1. The first-order chi connectivity index (χ1) is 9.90. The molecule has 0 spiro atoms. The van der Waals surface area contributed by atoms with Gasteiger partial charge in [0, 0.05) is 20.6 Å². The van der Waals surface area contributed by atoms with E-state index in [1.54, 1.807) is 11.3 Å². The van der Waals surface area contributed by atoms with E-state index < -0.39 is 10.2 Å². The second-order valence-electron chi connectivity index (χ2n) is 5.17. The van der Waals surface area contributed by atoms with Crippen LogP contribution in [0.4, 0.5) is 0 Å². The molecule has 6 heteroatoms. The molecule has 1 aromatic heterocycles. The molecular weight excluding hydrogens is 304 g/mol. The highest BCUT2D eigenvalue weighted by Crippen LogP contribution is 2.24. The van der Waals surface area contributed by atoms with Gasteiger partial charge in [0.15, 0.2) is 0 Å². The Morgan fingerprint density at radius 2 is 1.81 bits per heavy atom. The molecule has 0 aliphatic rings. The van der Waals surface area contributed by atoms with Gasteiger partial charge in [-0.2, -0.15) is 24.1 Å². The van der Waals surface area contributed by atoms with Crippen molar-refractivity contribution in [1.82, 2.24) is 9.03 Å². The van der Waals surface area contributed by atoms with Crippen LogP contribution >= 0.6 is 11.3 Å². The molecule has 114 valence electrons. The monoisotopic (exact) mass is 324 g/mol. The maximum absolute atomic E-state index is 11.7. The molecule has 0 unspecified atom stereocenters. The normalized spacial score (nSPS) is 13.5. The molecule has 0 fully saturated rings. The van der Waals surface area contributed by atoms with Crippen molar-refractivity contribution in [3.8, 4) is 11.1 Å². The minimum absolute atomic E-state index is 0.122. The molecule has 0 bridgehead atoms. The summed E-state index contributed by atoms with van der Waals surface area (Å²) >= 11 is 1.68. The quantitative estimate of drug-likeness (QED) is 0.888. The van der Waals surface area contributed by atoms with E-state index in [0.29, 0.717) is 6.54 Å². The molecule has 1 heterocycles. The van der Waals surface area contributed by atoms with E-state index in [9.17, 15) is 8.42 Å². The minimum atomic E-state index is -3.36. The number of hydrogen-bond acceptors (Lipinski definition) is 3. The van der Waals surface area contributed by atoms with Crippen molar-refractivity contribution in [1.29, 1.82) is 0 Å². The van der Waals surface area contributed by atoms with Gasteiger partial charge in [0.2, 0.25) is 0 Å². The summed E-state index contributed by atoms with van der Waals surface area (Å²) in [6.45, 7) is 2.40. The summed E-state index contributed by atoms with van der Waals surface area (Å²) in [4.78, 5) is 0. The minimum Gasteiger partial charge on any atom is -0.202 e. The van der Waals surface area contributed by atoms with Crippen molar-refractivity contribution in [2.75, 3.05) is 20.6 Å². The van der Waals surface area contributed by atoms with Crippen molar-refractivity contribution in [3.63, 3.8) is 0 Å². The first-order valence-corrected chi connectivity index (χ1v) is 9.08. The molecule has 0 radical (unpaired) electrons. The lowest BCUT2D eigenvalue weighted by atomic mass is 9.99. The Hall–Kier alpha value is -1.21. The zero-order chi connectivity index (χ0) is 15.5. The fourth-order valence-corrected chi connectivity index (χ4v) is 3.29. The van der Waals surface area contributed by atoms with Crippen LogP contribution in [-0.2, 0) is 10.2 Å². The maximum atomic E-state index is 11.7. The van der Waals surface area contributed by atoms with Gasteiger partial charge >= 0.3 is 0 Å². The van der Waals surface area contributed by atoms with E-state index in [1.165, 1.54) is 29.5 Å². The average Bonchev–Trinajstić information content (AvgIpc) is 2.99. The van der Waals surface area contributed by atoms with Gasteiger partial charge in [-0.25, -0.2) is 4.72 Å². The van der Waals surface area contributed by atoms with Crippen molar-refractivity contribution in [2.24, 2.45) is 0 Å². The van der Waals surface area contributed by atoms with E-state index in [4.69, 9.17) is 0 Å². The molecule has 1 aromatic carbocycles. The lowest BCUT2D eigenvalue weighted by Crippen LogP contribution is -2.37. The van der Waals surface area contributed by atoms with Crippen LogP contribution in [0.2, 0.25) is 0 Å². The van der Waals surface area contributed by atoms with Gasteiger partial charge in [0.25, 0.3) is 10.2 Å². The van der Waals surface area contributed by atoms with E-state index in [2.05, 4.69) is 45.8 Å². The lowest BCUT2D eigenvalue weighted by Gasteiger charge is -2.16. The highest BCUT2D eigenvalue weighted by Gasteiger charge is 2.15. The summed E-state index contributed by atoms with van der Waals surface area (Å²) in [6, 6.07) is 10.4. The molecule has 0 aliphatic carbocycles. The Bertz CT molecular complexity index is 662. The number of nitrogens with zero attached hydrogens (tertiary/aromatic N) is 1. The van der Waals surface area contributed by atoms with Crippen LogP contribution in [0.15, 0.2) is 41.1 Å². The summed E-state index contributed by atoms with van der Waals surface area (Å²) in [5, 5.41) is 4.17. The van der Waals surface area contributed by atoms with Crippen LogP contribution in [0.25, 0.3) is 11.1 Å². The lowest BCUT2D eigenvalue weighted by molar-refractivity contribution is 0.501. The summed E-state index contributed by atoms with van der Waals surface area (Å²) in [5.41, 5.74) is 3.52. The molecule has 0 saturated heterocycles. The number of nitrogens with one attached hydrogen (secondary N) is 1. The summed E-state index contributed by atoms with van der Waals surface area (Å²) in [6.07, 6.45) is 0. The topological polar surface area (TPSA) is 49.4 Å². The van der Waals surface area contributed by atoms with Gasteiger partial charge in [0.1, 0.15) is 0 Å². The van der Waals surface area contributed by atoms with Crippen molar-refractivity contribution in [2.45, 2.75) is 12.8 Å². The van der Waals surface area contributed by atoms with E-state index >= 15 is 0 Å². The molecule has 1 atom stereocenters. The zero-order valence-electron chi connectivity index (χ0n) is 12.4. The molecule has 2 aromatic rings. The maximum Gasteiger partial charge on any atom is 0.278 e. The second-order valence-corrected chi connectivity index (χ2v) is 7.92. The average molecular weight is 324 g/mol. The molecule has 4 nitrogen and oxygen atoms in total. The predicted octanol–water partition coefficient (Wildman–Crippen LogP) is 2.91. The van der Waals surface area contributed by atoms with E-state index in [-0.39, 0.29) is 5.92 Å². The van der Waals surface area contributed by atoms with Crippen molar-refractivity contribution in [3.05, 3.63) is 46.7 Å². The van der Waals surface area contributed by atoms with E-state index in [1.807, 2.05) is 6.92 Å². The van der Waals surface area contributed by atoms with Crippen LogP contribution in [-0.4, -0.2) is 33.4 Å². The summed E-state index contributed by atoms with van der Waals surface area (Å²) in [7, 11) is -0.327. The Kier molecular flexibility index (Phi) is 5.16. The molecule has 0 saturated carbocycles. The highest BCUT2D eigenvalue weighted by molar-refractivity contribution is 7.87. The highest BCUT2D eigenvalue weighted by atomic mass is 32.2. The standard InChI is InChI=1S/C15H20N2O2S2/c1-12(10-16-21(18,19)17(2)3)13-4-6-14(7-5-13)15-8-9-20-11-15/h4-9,11-12,16H,10H2,1-3H3/t12-/m0/s1. The number of benzene rings is 1. The van der Waals surface area contributed by atoms with Crippen LogP contribution < -0.4 is 4.72 Å². The second kappa shape index (κ2) is 6.70. The molecule has 2 rings (SSSR count). The van der Waals surface area contributed by atoms with E-state index in [0.717, 1.165) is 5.56 Å². The molecule has 0 aliphatic heterocycles. The third-order valence-electron chi connectivity index (χ3n) is 3.39. The molecular formula is C15H20N2O2S2. The van der Waals surface area contributed by atoms with Crippen molar-refractivity contribution >= 4 is 21.5 Å². The Labute approximate surface area is 130 Å². The van der Waals surface area contributed by atoms with Crippen molar-refractivity contribution < 1.29 is 8.42 Å². The van der Waals surface area contributed by atoms with Crippen LogP contribution in [0, 0.1) is 0 Å². The fourth-order valence-electron chi connectivity index (χ4n) is 1.91. The van der Waals surface area contributed by atoms with Crippen LogP contribution in [0.1, 0.15) is 18.4 Å². The van der Waals surface area contributed by atoms with Gasteiger partial charge in [0.05, 0.1) is 0 Å². The smallest absolute Gasteiger partial charge is 0.202 e. The van der Waals surface area contributed by atoms with Crippen LogP contribution in [0.3, 0.4) is 0 Å².